The van der Waals surface area contributed by atoms with Gasteiger partial charge in [-0.25, -0.2) is 0 Å². The zero-order valence-corrected chi connectivity index (χ0v) is 14.5. The van der Waals surface area contributed by atoms with Crippen LogP contribution in [0.25, 0.3) is 0 Å². The van der Waals surface area contributed by atoms with Crippen molar-refractivity contribution in [1.29, 1.82) is 0 Å². The van der Waals surface area contributed by atoms with Crippen molar-refractivity contribution in [3.05, 3.63) is 12.2 Å². The Labute approximate surface area is 139 Å². The Hall–Kier alpha value is -0.830. The molecule has 1 spiro atoms. The molecule has 2 N–H and O–H groups in total. The van der Waals surface area contributed by atoms with Gasteiger partial charge in [-0.05, 0) is 80.6 Å². The van der Waals surface area contributed by atoms with Crippen molar-refractivity contribution in [2.24, 2.45) is 34.0 Å². The fourth-order valence-corrected chi connectivity index (χ4v) is 7.62. The van der Waals surface area contributed by atoms with Crippen LogP contribution in [0.5, 0.6) is 0 Å². The van der Waals surface area contributed by atoms with Crippen molar-refractivity contribution in [2.75, 3.05) is 0 Å². The Bertz CT molecular complexity index is 569. The van der Waals surface area contributed by atoms with E-state index in [2.05, 4.69) is 13.5 Å². The van der Waals surface area contributed by atoms with E-state index in [1.807, 2.05) is 6.92 Å². The van der Waals surface area contributed by atoms with E-state index in [0.717, 1.165) is 56.9 Å². The Morgan fingerprint density at radius 3 is 2.57 bits per heavy atom. The molecule has 0 heterocycles. The number of carbonyl (C=O) groups is 1. The normalized spacial score (nSPS) is 55.2. The minimum Gasteiger partial charge on any atom is -0.481 e. The molecule has 23 heavy (non-hydrogen) atoms. The summed E-state index contributed by atoms with van der Waals surface area (Å²) in [6, 6.07) is 0. The van der Waals surface area contributed by atoms with Crippen molar-refractivity contribution in [1.82, 2.24) is 0 Å². The molecule has 4 rings (SSSR count). The highest BCUT2D eigenvalue weighted by Gasteiger charge is 2.67. The summed E-state index contributed by atoms with van der Waals surface area (Å²) >= 11 is 0. The van der Waals surface area contributed by atoms with Crippen molar-refractivity contribution in [3.8, 4) is 0 Å². The molecule has 0 aromatic carbocycles. The molecule has 0 aromatic rings. The van der Waals surface area contributed by atoms with Crippen molar-refractivity contribution in [2.45, 2.75) is 71.3 Å². The second-order valence-electron chi connectivity index (χ2n) is 9.41. The molecule has 7 atom stereocenters. The van der Waals surface area contributed by atoms with Gasteiger partial charge in [0.15, 0.2) is 0 Å². The van der Waals surface area contributed by atoms with Crippen molar-refractivity contribution >= 4 is 5.97 Å². The number of aliphatic hydroxyl groups is 1. The summed E-state index contributed by atoms with van der Waals surface area (Å²) in [6.45, 7) is 8.53. The Morgan fingerprint density at radius 2 is 1.87 bits per heavy atom. The summed E-state index contributed by atoms with van der Waals surface area (Å²) in [4.78, 5) is 12.0. The smallest absolute Gasteiger partial charge is 0.309 e. The first-order valence-electron chi connectivity index (χ1n) is 9.36. The fraction of sp³-hybridized carbons (Fsp3) is 0.850. The standard InChI is InChI=1S/C20H30O3/c1-12-13-5-6-15-18(2)8-4-9-19(3,17(22)23)14(18)7-10-20(15,11-13)16(12)21/h13-16,21H,1,4-11H2,2-3H3,(H,22,23)/t13?,14-,15-,16-,18+,19+,20+/m0/s1. The second kappa shape index (κ2) is 4.62. The molecular weight excluding hydrogens is 288 g/mol. The third-order valence-electron chi connectivity index (χ3n) is 8.70. The minimum absolute atomic E-state index is 0.0119. The first kappa shape index (κ1) is 15.7. The van der Waals surface area contributed by atoms with Gasteiger partial charge in [0.25, 0.3) is 0 Å². The van der Waals surface area contributed by atoms with Gasteiger partial charge >= 0.3 is 5.97 Å². The van der Waals surface area contributed by atoms with Gasteiger partial charge in [-0.1, -0.05) is 19.9 Å². The lowest BCUT2D eigenvalue weighted by atomic mass is 9.40. The molecule has 1 unspecified atom stereocenters. The van der Waals surface area contributed by atoms with Gasteiger partial charge in [0.2, 0.25) is 0 Å². The Balaban J connectivity index is 1.78. The lowest BCUT2D eigenvalue weighted by molar-refractivity contribution is -0.190. The third-order valence-corrected chi connectivity index (χ3v) is 8.70. The van der Waals surface area contributed by atoms with Crippen LogP contribution in [0.1, 0.15) is 65.2 Å². The molecule has 4 fully saturated rings. The highest BCUT2D eigenvalue weighted by atomic mass is 16.4. The minimum atomic E-state index is -0.616. The maximum absolute atomic E-state index is 12.0. The van der Waals surface area contributed by atoms with Gasteiger partial charge in [0, 0.05) is 5.41 Å². The molecule has 0 radical (unpaired) electrons. The van der Waals surface area contributed by atoms with Crippen LogP contribution in [0.3, 0.4) is 0 Å². The Morgan fingerprint density at radius 1 is 1.13 bits per heavy atom. The van der Waals surface area contributed by atoms with E-state index in [0.29, 0.717) is 11.8 Å². The van der Waals surface area contributed by atoms with Crippen molar-refractivity contribution in [3.63, 3.8) is 0 Å². The molecule has 0 amide bonds. The second-order valence-corrected chi connectivity index (χ2v) is 9.41. The van der Waals surface area contributed by atoms with Crippen molar-refractivity contribution < 1.29 is 15.0 Å². The number of rotatable bonds is 1. The average molecular weight is 318 g/mol. The van der Waals surface area contributed by atoms with Crippen LogP contribution in [0.15, 0.2) is 12.2 Å². The topological polar surface area (TPSA) is 57.5 Å². The number of carboxylic acids is 1. The summed E-state index contributed by atoms with van der Waals surface area (Å²) in [5, 5.41) is 20.9. The van der Waals surface area contributed by atoms with Gasteiger partial charge in [-0.15, -0.1) is 0 Å². The zero-order chi connectivity index (χ0) is 16.6. The predicted molar refractivity (Wildman–Crippen MR) is 88.8 cm³/mol. The Kier molecular flexibility index (Phi) is 3.15. The van der Waals surface area contributed by atoms with E-state index in [1.165, 1.54) is 0 Å². The van der Waals surface area contributed by atoms with E-state index in [9.17, 15) is 15.0 Å². The van der Waals surface area contributed by atoms with E-state index in [-0.39, 0.29) is 22.9 Å². The lowest BCUT2D eigenvalue weighted by Crippen LogP contribution is -2.60. The van der Waals surface area contributed by atoms with E-state index in [1.54, 1.807) is 0 Å². The van der Waals surface area contributed by atoms with Crippen LogP contribution in [-0.4, -0.2) is 22.3 Å². The monoisotopic (exact) mass is 318 g/mol. The van der Waals surface area contributed by atoms with Gasteiger partial charge in [0.1, 0.15) is 0 Å². The lowest BCUT2D eigenvalue weighted by Gasteiger charge is -2.63. The van der Waals surface area contributed by atoms with Crippen LogP contribution in [0.4, 0.5) is 0 Å². The number of hydrogen-bond donors (Lipinski definition) is 2. The molecule has 0 aromatic heterocycles. The van der Waals surface area contributed by atoms with Gasteiger partial charge in [-0.3, -0.25) is 4.79 Å². The van der Waals surface area contributed by atoms with Gasteiger partial charge < -0.3 is 10.2 Å². The van der Waals surface area contributed by atoms with E-state index >= 15 is 0 Å². The molecule has 0 aliphatic heterocycles. The maximum atomic E-state index is 12.0. The molecule has 4 saturated carbocycles. The number of hydrogen-bond acceptors (Lipinski definition) is 2. The average Bonchev–Trinajstić information content (AvgIpc) is 2.68. The first-order chi connectivity index (χ1) is 10.8. The summed E-state index contributed by atoms with van der Waals surface area (Å²) in [5.74, 6) is 0.581. The number of carboxylic acid groups (broad SMARTS) is 1. The highest BCUT2D eigenvalue weighted by Crippen LogP contribution is 2.72. The molecule has 3 nitrogen and oxygen atoms in total. The van der Waals surface area contributed by atoms with E-state index < -0.39 is 11.4 Å². The summed E-state index contributed by atoms with van der Waals surface area (Å²) < 4.78 is 0. The van der Waals surface area contributed by atoms with Crippen LogP contribution >= 0.6 is 0 Å². The predicted octanol–water partition coefficient (Wildman–Crippen LogP) is 4.01. The number of aliphatic hydroxyl groups excluding tert-OH is 1. The van der Waals surface area contributed by atoms with E-state index in [4.69, 9.17) is 0 Å². The van der Waals surface area contributed by atoms with Gasteiger partial charge in [-0.2, -0.15) is 0 Å². The van der Waals surface area contributed by atoms with Crippen LogP contribution in [0, 0.1) is 34.0 Å². The van der Waals surface area contributed by atoms with Crippen LogP contribution in [-0.2, 0) is 4.79 Å². The molecular formula is C20H30O3. The summed E-state index contributed by atoms with van der Waals surface area (Å²) in [5.41, 5.74) is 0.514. The number of aliphatic carboxylic acids is 1. The largest absolute Gasteiger partial charge is 0.481 e. The molecule has 2 bridgehead atoms. The molecule has 128 valence electrons. The third kappa shape index (κ3) is 1.72. The maximum Gasteiger partial charge on any atom is 0.309 e. The first-order valence-corrected chi connectivity index (χ1v) is 9.36. The van der Waals surface area contributed by atoms with Crippen LogP contribution in [0.2, 0.25) is 0 Å². The van der Waals surface area contributed by atoms with Crippen LogP contribution < -0.4 is 0 Å². The summed E-state index contributed by atoms with van der Waals surface area (Å²) in [7, 11) is 0. The summed E-state index contributed by atoms with van der Waals surface area (Å²) in [6.07, 6.45) is 7.86. The number of fused-ring (bicyclic) bond motifs is 3. The highest BCUT2D eigenvalue weighted by molar-refractivity contribution is 5.75. The molecule has 0 saturated heterocycles. The fourth-order valence-electron chi connectivity index (χ4n) is 7.62. The zero-order valence-electron chi connectivity index (χ0n) is 14.5. The molecule has 3 heteroatoms. The quantitative estimate of drug-likeness (QED) is 0.718. The van der Waals surface area contributed by atoms with Gasteiger partial charge in [0.05, 0.1) is 11.5 Å². The SMILES string of the molecule is C=C1C2CC[C@H]3[C@]4(C)CCC[C@@](C)(C(=O)O)[C@H]4CC[C@]3(C2)[C@H]1O. The molecule has 4 aliphatic carbocycles. The molecule has 4 aliphatic rings.